The minimum atomic E-state index is 0.298. The van der Waals surface area contributed by atoms with Gasteiger partial charge in [-0.15, -0.1) is 0 Å². The Balaban J connectivity index is 1.84. The zero-order chi connectivity index (χ0) is 15.0. The zero-order valence-electron chi connectivity index (χ0n) is 13.1. The van der Waals surface area contributed by atoms with Gasteiger partial charge in [-0.05, 0) is 68.3 Å². The predicted molar refractivity (Wildman–Crippen MR) is 88.8 cm³/mol. The summed E-state index contributed by atoms with van der Waals surface area (Å²) in [6.07, 6.45) is 5.11. The second kappa shape index (κ2) is 5.66. The Kier molecular flexibility index (Phi) is 4.02. The van der Waals surface area contributed by atoms with Crippen LogP contribution in [0.5, 0.6) is 0 Å². The monoisotopic (exact) mass is 305 g/mol. The largest absolute Gasteiger partial charge is 0.459 e. The van der Waals surface area contributed by atoms with Crippen LogP contribution in [0.25, 0.3) is 11.0 Å². The predicted octanol–water partition coefficient (Wildman–Crippen LogP) is 5.56. The first-order chi connectivity index (χ1) is 9.98. The highest BCUT2D eigenvalue weighted by Crippen LogP contribution is 2.43. The van der Waals surface area contributed by atoms with Gasteiger partial charge in [-0.2, -0.15) is 0 Å². The maximum Gasteiger partial charge on any atom is 0.134 e. The van der Waals surface area contributed by atoms with Crippen LogP contribution in [0, 0.1) is 11.3 Å². The average Bonchev–Trinajstić information content (AvgIpc) is 2.84. The van der Waals surface area contributed by atoms with Gasteiger partial charge in [0.1, 0.15) is 11.3 Å². The first-order valence-electron chi connectivity index (χ1n) is 7.85. The van der Waals surface area contributed by atoms with E-state index in [9.17, 15) is 0 Å². The lowest BCUT2D eigenvalue weighted by molar-refractivity contribution is 0.156. The van der Waals surface area contributed by atoms with Crippen LogP contribution < -0.4 is 5.32 Å². The number of halogens is 1. The summed E-state index contributed by atoms with van der Waals surface area (Å²) < 4.78 is 6.06. The van der Waals surface area contributed by atoms with Crippen molar-refractivity contribution in [2.24, 2.45) is 11.3 Å². The van der Waals surface area contributed by atoms with Crippen LogP contribution in [-0.4, -0.2) is 7.05 Å². The van der Waals surface area contributed by atoms with Gasteiger partial charge in [0.25, 0.3) is 0 Å². The molecule has 1 atom stereocenters. The smallest absolute Gasteiger partial charge is 0.134 e. The maximum atomic E-state index is 6.06. The molecule has 2 nitrogen and oxygen atoms in total. The second-order valence-corrected chi connectivity index (χ2v) is 7.54. The number of furan rings is 1. The average molecular weight is 306 g/mol. The Labute approximate surface area is 131 Å². The van der Waals surface area contributed by atoms with Gasteiger partial charge in [-0.25, -0.2) is 0 Å². The number of hydrogen-bond acceptors (Lipinski definition) is 2. The molecule has 21 heavy (non-hydrogen) atoms. The molecule has 2 aromatic rings. The minimum Gasteiger partial charge on any atom is -0.459 e. The SMILES string of the molecule is CNC(c1cc2cc(Cl)ccc2o1)C1CCC(C)(C)CC1. The first kappa shape index (κ1) is 14.9. The number of hydrogen-bond donors (Lipinski definition) is 1. The molecule has 0 amide bonds. The van der Waals surface area contributed by atoms with E-state index < -0.39 is 0 Å². The molecule has 3 heteroatoms. The van der Waals surface area contributed by atoms with E-state index in [0.29, 0.717) is 17.4 Å². The van der Waals surface area contributed by atoms with E-state index in [1.807, 2.05) is 25.2 Å². The Morgan fingerprint density at radius 3 is 2.62 bits per heavy atom. The molecule has 0 spiro atoms. The van der Waals surface area contributed by atoms with Crippen molar-refractivity contribution >= 4 is 22.6 Å². The fraction of sp³-hybridized carbons (Fsp3) is 0.556. The number of fused-ring (bicyclic) bond motifs is 1. The van der Waals surface area contributed by atoms with E-state index in [4.69, 9.17) is 16.0 Å². The Morgan fingerprint density at radius 1 is 1.24 bits per heavy atom. The van der Waals surface area contributed by atoms with Crippen molar-refractivity contribution in [1.82, 2.24) is 5.32 Å². The van der Waals surface area contributed by atoms with Crippen molar-refractivity contribution in [3.05, 3.63) is 35.0 Å². The number of benzene rings is 1. The van der Waals surface area contributed by atoms with Gasteiger partial charge in [-0.1, -0.05) is 25.4 Å². The molecule has 1 aliphatic carbocycles. The molecule has 0 bridgehead atoms. The van der Waals surface area contributed by atoms with Crippen LogP contribution in [0.15, 0.2) is 28.7 Å². The summed E-state index contributed by atoms with van der Waals surface area (Å²) in [4.78, 5) is 0. The highest BCUT2D eigenvalue weighted by molar-refractivity contribution is 6.31. The summed E-state index contributed by atoms with van der Waals surface area (Å²) in [5.74, 6) is 1.69. The number of rotatable bonds is 3. The molecule has 114 valence electrons. The quantitative estimate of drug-likeness (QED) is 0.802. The zero-order valence-corrected chi connectivity index (χ0v) is 13.8. The van der Waals surface area contributed by atoms with Crippen LogP contribution in [-0.2, 0) is 0 Å². The van der Waals surface area contributed by atoms with Gasteiger partial charge in [0.2, 0.25) is 0 Å². The fourth-order valence-electron chi connectivity index (χ4n) is 3.55. The summed E-state index contributed by atoms with van der Waals surface area (Å²) >= 11 is 6.06. The lowest BCUT2D eigenvalue weighted by Crippen LogP contribution is -2.30. The Hall–Kier alpha value is -0.990. The lowest BCUT2D eigenvalue weighted by atomic mass is 9.71. The van der Waals surface area contributed by atoms with Crippen molar-refractivity contribution in [3.8, 4) is 0 Å². The van der Waals surface area contributed by atoms with Crippen LogP contribution >= 0.6 is 11.6 Å². The van der Waals surface area contributed by atoms with E-state index in [1.165, 1.54) is 25.7 Å². The summed E-state index contributed by atoms with van der Waals surface area (Å²) in [7, 11) is 2.03. The Bertz CT molecular complexity index is 621. The molecule has 1 heterocycles. The Morgan fingerprint density at radius 2 is 1.95 bits per heavy atom. The molecule has 0 saturated heterocycles. The normalized spacial score (nSPS) is 20.8. The number of nitrogens with one attached hydrogen (secondary N) is 1. The first-order valence-corrected chi connectivity index (χ1v) is 8.22. The van der Waals surface area contributed by atoms with E-state index in [-0.39, 0.29) is 0 Å². The molecule has 1 aliphatic rings. The summed E-state index contributed by atoms with van der Waals surface area (Å²) in [6, 6.07) is 8.25. The highest BCUT2D eigenvalue weighted by atomic mass is 35.5. The van der Waals surface area contributed by atoms with Gasteiger partial charge in [0.15, 0.2) is 0 Å². The minimum absolute atomic E-state index is 0.298. The van der Waals surface area contributed by atoms with Crippen LogP contribution in [0.3, 0.4) is 0 Å². The van der Waals surface area contributed by atoms with E-state index in [2.05, 4.69) is 25.2 Å². The molecule has 1 aromatic heterocycles. The third-order valence-corrected chi connectivity index (χ3v) is 5.21. The third kappa shape index (κ3) is 3.12. The van der Waals surface area contributed by atoms with Gasteiger partial charge >= 0.3 is 0 Å². The molecule has 1 unspecified atom stereocenters. The standard InChI is InChI=1S/C18H24ClNO/c1-18(2)8-6-12(7-9-18)17(20-3)16-11-13-10-14(19)4-5-15(13)21-16/h4-5,10-12,17,20H,6-9H2,1-3H3. The molecule has 0 aliphatic heterocycles. The third-order valence-electron chi connectivity index (χ3n) is 4.97. The van der Waals surface area contributed by atoms with Crippen LogP contribution in [0.1, 0.15) is 51.3 Å². The molecule has 3 rings (SSSR count). The van der Waals surface area contributed by atoms with Gasteiger partial charge in [-0.3, -0.25) is 0 Å². The summed E-state index contributed by atoms with van der Waals surface area (Å²) in [6.45, 7) is 4.75. The van der Waals surface area contributed by atoms with Gasteiger partial charge < -0.3 is 9.73 Å². The topological polar surface area (TPSA) is 25.2 Å². The second-order valence-electron chi connectivity index (χ2n) is 7.10. The maximum absolute atomic E-state index is 6.06. The van der Waals surface area contributed by atoms with E-state index in [0.717, 1.165) is 21.8 Å². The van der Waals surface area contributed by atoms with Gasteiger partial charge in [0, 0.05) is 10.4 Å². The van der Waals surface area contributed by atoms with Crippen molar-refractivity contribution in [3.63, 3.8) is 0 Å². The van der Waals surface area contributed by atoms with E-state index >= 15 is 0 Å². The lowest BCUT2D eigenvalue weighted by Gasteiger charge is -2.37. The molecule has 0 radical (unpaired) electrons. The van der Waals surface area contributed by atoms with Gasteiger partial charge in [0.05, 0.1) is 6.04 Å². The van der Waals surface area contributed by atoms with Crippen LogP contribution in [0.4, 0.5) is 0 Å². The van der Waals surface area contributed by atoms with E-state index in [1.54, 1.807) is 0 Å². The van der Waals surface area contributed by atoms with Crippen molar-refractivity contribution in [1.29, 1.82) is 0 Å². The summed E-state index contributed by atoms with van der Waals surface area (Å²) in [5, 5.41) is 5.32. The molecular formula is C18H24ClNO. The molecule has 1 aromatic carbocycles. The summed E-state index contributed by atoms with van der Waals surface area (Å²) in [5.41, 5.74) is 1.42. The van der Waals surface area contributed by atoms with Crippen molar-refractivity contribution in [2.45, 2.75) is 45.6 Å². The fourth-order valence-corrected chi connectivity index (χ4v) is 3.73. The van der Waals surface area contributed by atoms with Crippen molar-refractivity contribution in [2.75, 3.05) is 7.05 Å². The van der Waals surface area contributed by atoms with Crippen molar-refractivity contribution < 1.29 is 4.42 Å². The molecule has 1 N–H and O–H groups in total. The molecule has 1 saturated carbocycles. The molecule has 1 fully saturated rings. The molecular weight excluding hydrogens is 282 g/mol. The highest BCUT2D eigenvalue weighted by Gasteiger charge is 2.32. The van der Waals surface area contributed by atoms with Crippen LogP contribution in [0.2, 0.25) is 5.02 Å².